The molecule has 2 aliphatic heterocycles. The van der Waals surface area contributed by atoms with E-state index in [1.54, 1.807) is 4.90 Å². The second kappa shape index (κ2) is 8.05. The van der Waals surface area contributed by atoms with Crippen LogP contribution in [0.1, 0.15) is 25.3 Å². The van der Waals surface area contributed by atoms with Crippen LogP contribution in [0.15, 0.2) is 54.6 Å². The van der Waals surface area contributed by atoms with Crippen LogP contribution in [-0.4, -0.2) is 42.4 Å². The van der Waals surface area contributed by atoms with E-state index >= 15 is 0 Å². The van der Waals surface area contributed by atoms with Gasteiger partial charge >= 0.3 is 0 Å². The number of hydrogen-bond acceptors (Lipinski definition) is 3. The lowest BCUT2D eigenvalue weighted by Gasteiger charge is -2.21. The molecule has 0 spiro atoms. The van der Waals surface area contributed by atoms with Gasteiger partial charge in [0.1, 0.15) is 0 Å². The Hall–Kier alpha value is -2.82. The Kier molecular flexibility index (Phi) is 5.33. The molecule has 2 aromatic carbocycles. The smallest absolute Gasteiger partial charge is 0.228 e. The third-order valence-corrected chi connectivity index (χ3v) is 5.78. The van der Waals surface area contributed by atoms with Crippen molar-refractivity contribution in [2.24, 2.45) is 5.92 Å². The van der Waals surface area contributed by atoms with E-state index in [0.29, 0.717) is 19.5 Å². The van der Waals surface area contributed by atoms with Crippen LogP contribution in [0.5, 0.6) is 0 Å². The van der Waals surface area contributed by atoms with Crippen molar-refractivity contribution in [2.45, 2.75) is 32.2 Å². The number of carbonyl (C=O) groups excluding carboxylic acids is 2. The standard InChI is InChI=1S/C23H27N3O2/c1-2-17-8-10-21(11-9-17)26-15-18(14-22(26)27)23(28)25-13-12-20(16-25)24-19-6-4-3-5-7-19/h3-11,18,20,24H,2,12-16H2,1H3. The highest BCUT2D eigenvalue weighted by Crippen LogP contribution is 2.28. The molecule has 2 unspecified atom stereocenters. The van der Waals surface area contributed by atoms with E-state index in [9.17, 15) is 9.59 Å². The summed E-state index contributed by atoms with van der Waals surface area (Å²) in [7, 11) is 0. The predicted molar refractivity (Wildman–Crippen MR) is 111 cm³/mol. The molecule has 28 heavy (non-hydrogen) atoms. The van der Waals surface area contributed by atoms with Gasteiger partial charge in [0.2, 0.25) is 11.8 Å². The Balaban J connectivity index is 1.35. The van der Waals surface area contributed by atoms with Crippen molar-refractivity contribution >= 4 is 23.2 Å². The Bertz CT molecular complexity index is 835. The lowest BCUT2D eigenvalue weighted by Crippen LogP contribution is -2.37. The van der Waals surface area contributed by atoms with Crippen LogP contribution in [0.2, 0.25) is 0 Å². The van der Waals surface area contributed by atoms with Gasteiger partial charge in [-0.15, -0.1) is 0 Å². The van der Waals surface area contributed by atoms with Crippen LogP contribution in [0.25, 0.3) is 0 Å². The highest BCUT2D eigenvalue weighted by molar-refractivity contribution is 6.00. The fraction of sp³-hybridized carbons (Fsp3) is 0.391. The van der Waals surface area contributed by atoms with Crippen molar-refractivity contribution in [1.82, 2.24) is 4.90 Å². The SMILES string of the molecule is CCc1ccc(N2CC(C(=O)N3CCC(Nc4ccccc4)C3)CC2=O)cc1. The molecule has 2 saturated heterocycles. The van der Waals surface area contributed by atoms with Gasteiger partial charge in [0.25, 0.3) is 0 Å². The van der Waals surface area contributed by atoms with Gasteiger partial charge in [-0.3, -0.25) is 9.59 Å². The van der Waals surface area contributed by atoms with Gasteiger partial charge in [-0.05, 0) is 42.7 Å². The molecule has 5 nitrogen and oxygen atoms in total. The lowest BCUT2D eigenvalue weighted by molar-refractivity contribution is -0.134. The zero-order valence-corrected chi connectivity index (χ0v) is 16.3. The number of anilines is 2. The fourth-order valence-corrected chi connectivity index (χ4v) is 4.14. The molecule has 0 radical (unpaired) electrons. The number of carbonyl (C=O) groups is 2. The van der Waals surface area contributed by atoms with E-state index in [4.69, 9.17) is 0 Å². The van der Waals surface area contributed by atoms with Gasteiger partial charge < -0.3 is 15.1 Å². The van der Waals surface area contributed by atoms with Gasteiger partial charge in [-0.1, -0.05) is 37.3 Å². The summed E-state index contributed by atoms with van der Waals surface area (Å²) < 4.78 is 0. The van der Waals surface area contributed by atoms with Gasteiger partial charge in [0, 0.05) is 43.5 Å². The molecule has 2 aromatic rings. The maximum atomic E-state index is 13.0. The number of benzene rings is 2. The first-order chi connectivity index (χ1) is 13.6. The highest BCUT2D eigenvalue weighted by atomic mass is 16.2. The molecule has 2 fully saturated rings. The van der Waals surface area contributed by atoms with E-state index in [-0.39, 0.29) is 23.8 Å². The Morgan fingerprint density at radius 2 is 1.82 bits per heavy atom. The second-order valence-electron chi connectivity index (χ2n) is 7.71. The molecule has 2 heterocycles. The average molecular weight is 377 g/mol. The van der Waals surface area contributed by atoms with E-state index in [1.165, 1.54) is 5.56 Å². The molecule has 2 atom stereocenters. The van der Waals surface area contributed by atoms with E-state index in [2.05, 4.69) is 24.4 Å². The first-order valence-electron chi connectivity index (χ1n) is 10.1. The monoisotopic (exact) mass is 377 g/mol. The van der Waals surface area contributed by atoms with Gasteiger partial charge in [0.05, 0.1) is 5.92 Å². The zero-order chi connectivity index (χ0) is 19.5. The van der Waals surface area contributed by atoms with E-state index < -0.39 is 0 Å². The van der Waals surface area contributed by atoms with Crippen LogP contribution < -0.4 is 10.2 Å². The largest absolute Gasteiger partial charge is 0.380 e. The third kappa shape index (κ3) is 3.88. The molecule has 0 bridgehead atoms. The quantitative estimate of drug-likeness (QED) is 0.870. The Labute approximate surface area is 166 Å². The van der Waals surface area contributed by atoms with Crippen LogP contribution in [0, 0.1) is 5.92 Å². The first kappa shape index (κ1) is 18.5. The molecule has 5 heteroatoms. The van der Waals surface area contributed by atoms with Crippen molar-refractivity contribution in [3.8, 4) is 0 Å². The molecular weight excluding hydrogens is 350 g/mol. The van der Waals surface area contributed by atoms with Gasteiger partial charge in [-0.2, -0.15) is 0 Å². The number of aryl methyl sites for hydroxylation is 1. The maximum Gasteiger partial charge on any atom is 0.228 e. The lowest BCUT2D eigenvalue weighted by atomic mass is 10.1. The minimum Gasteiger partial charge on any atom is -0.380 e. The third-order valence-electron chi connectivity index (χ3n) is 5.78. The molecule has 146 valence electrons. The summed E-state index contributed by atoms with van der Waals surface area (Å²) in [5, 5.41) is 3.50. The molecule has 0 aromatic heterocycles. The average Bonchev–Trinajstić information content (AvgIpc) is 3.35. The summed E-state index contributed by atoms with van der Waals surface area (Å²) in [5.74, 6) is -0.0898. The van der Waals surface area contributed by atoms with Gasteiger partial charge in [0.15, 0.2) is 0 Å². The molecule has 4 rings (SSSR count). The fourth-order valence-electron chi connectivity index (χ4n) is 4.14. The minimum atomic E-state index is -0.242. The number of amides is 2. The summed E-state index contributed by atoms with van der Waals surface area (Å²) in [6, 6.07) is 18.4. The van der Waals surface area contributed by atoms with Crippen molar-refractivity contribution < 1.29 is 9.59 Å². The molecule has 0 saturated carbocycles. The predicted octanol–water partition coefficient (Wildman–Crippen LogP) is 3.31. The molecule has 1 N–H and O–H groups in total. The second-order valence-corrected chi connectivity index (χ2v) is 7.71. The summed E-state index contributed by atoms with van der Waals surface area (Å²) in [6.07, 6.45) is 2.22. The van der Waals surface area contributed by atoms with Crippen LogP contribution in [0.4, 0.5) is 11.4 Å². The summed E-state index contributed by atoms with van der Waals surface area (Å²) in [4.78, 5) is 29.2. The van der Waals surface area contributed by atoms with Crippen LogP contribution in [-0.2, 0) is 16.0 Å². The molecule has 0 aliphatic carbocycles. The highest BCUT2D eigenvalue weighted by Gasteiger charge is 2.39. The topological polar surface area (TPSA) is 52.7 Å². The van der Waals surface area contributed by atoms with Crippen molar-refractivity contribution in [3.05, 3.63) is 60.2 Å². The van der Waals surface area contributed by atoms with Crippen molar-refractivity contribution in [3.63, 3.8) is 0 Å². The molecule has 2 amide bonds. The van der Waals surface area contributed by atoms with Crippen molar-refractivity contribution in [1.29, 1.82) is 0 Å². The summed E-state index contributed by atoms with van der Waals surface area (Å²) in [5.41, 5.74) is 3.22. The normalized spacial score (nSPS) is 22.0. The van der Waals surface area contributed by atoms with Crippen LogP contribution in [0.3, 0.4) is 0 Å². The van der Waals surface area contributed by atoms with Crippen LogP contribution >= 0.6 is 0 Å². The summed E-state index contributed by atoms with van der Waals surface area (Å²) in [6.45, 7) is 4.04. The number of hydrogen-bond donors (Lipinski definition) is 1. The number of para-hydroxylation sites is 1. The summed E-state index contributed by atoms with van der Waals surface area (Å²) >= 11 is 0. The number of rotatable bonds is 5. The zero-order valence-electron chi connectivity index (χ0n) is 16.3. The van der Waals surface area contributed by atoms with E-state index in [0.717, 1.165) is 30.8 Å². The number of nitrogens with zero attached hydrogens (tertiary/aromatic N) is 2. The first-order valence-corrected chi connectivity index (χ1v) is 10.1. The van der Waals surface area contributed by atoms with Crippen molar-refractivity contribution in [2.75, 3.05) is 29.9 Å². The maximum absolute atomic E-state index is 13.0. The Morgan fingerprint density at radius 1 is 1.07 bits per heavy atom. The van der Waals surface area contributed by atoms with E-state index in [1.807, 2.05) is 47.4 Å². The number of nitrogens with one attached hydrogen (secondary N) is 1. The number of likely N-dealkylation sites (tertiary alicyclic amines) is 1. The molecule has 2 aliphatic rings. The minimum absolute atomic E-state index is 0.0424. The van der Waals surface area contributed by atoms with Gasteiger partial charge in [-0.25, -0.2) is 0 Å². The molecular formula is C23H27N3O2. The Morgan fingerprint density at radius 3 is 2.54 bits per heavy atom.